The Morgan fingerprint density at radius 1 is 1.37 bits per heavy atom. The molecule has 5 heteroatoms. The summed E-state index contributed by atoms with van der Waals surface area (Å²) < 4.78 is 13.8. The Balaban J connectivity index is 1.60. The zero-order valence-electron chi connectivity index (χ0n) is 10.5. The second-order valence-electron chi connectivity index (χ2n) is 5.31. The van der Waals surface area contributed by atoms with E-state index in [0.29, 0.717) is 10.0 Å². The van der Waals surface area contributed by atoms with Gasteiger partial charge < -0.3 is 5.32 Å². The number of hydrogen-bond donors (Lipinski definition) is 1. The van der Waals surface area contributed by atoms with Crippen molar-refractivity contribution in [1.29, 1.82) is 0 Å². The Morgan fingerprint density at radius 2 is 2.16 bits per heavy atom. The van der Waals surface area contributed by atoms with Crippen molar-refractivity contribution in [2.24, 2.45) is 0 Å². The van der Waals surface area contributed by atoms with Gasteiger partial charge in [0.25, 0.3) is 5.91 Å². The van der Waals surface area contributed by atoms with E-state index in [1.54, 1.807) is 12.1 Å². The van der Waals surface area contributed by atoms with Crippen LogP contribution in [0.4, 0.5) is 4.39 Å². The summed E-state index contributed by atoms with van der Waals surface area (Å²) in [6.07, 6.45) is 3.57. The van der Waals surface area contributed by atoms with E-state index in [0.717, 1.165) is 25.6 Å². The fourth-order valence-corrected chi connectivity index (χ4v) is 2.83. The number of nitrogens with one attached hydrogen (secondary N) is 1. The second-order valence-corrected chi connectivity index (χ2v) is 6.17. The maximum Gasteiger partial charge on any atom is 0.251 e. The lowest BCUT2D eigenvalue weighted by molar-refractivity contribution is 0.0937. The Labute approximate surface area is 120 Å². The molecule has 1 atom stereocenters. The smallest absolute Gasteiger partial charge is 0.251 e. The highest BCUT2D eigenvalue weighted by atomic mass is 79.9. The molecule has 19 heavy (non-hydrogen) atoms. The van der Waals surface area contributed by atoms with Crippen molar-refractivity contribution in [2.45, 2.75) is 31.3 Å². The lowest BCUT2D eigenvalue weighted by Crippen LogP contribution is -2.37. The zero-order chi connectivity index (χ0) is 13.4. The first kappa shape index (κ1) is 13.1. The Bertz CT molecular complexity index is 504. The van der Waals surface area contributed by atoms with Crippen LogP contribution >= 0.6 is 15.9 Å². The van der Waals surface area contributed by atoms with E-state index in [-0.39, 0.29) is 11.9 Å². The van der Waals surface area contributed by atoms with Crippen molar-refractivity contribution in [3.63, 3.8) is 0 Å². The number of likely N-dealkylation sites (tertiary alicyclic amines) is 1. The van der Waals surface area contributed by atoms with Crippen LogP contribution in [0.2, 0.25) is 0 Å². The van der Waals surface area contributed by atoms with Crippen LogP contribution in [0.1, 0.15) is 29.6 Å². The van der Waals surface area contributed by atoms with Gasteiger partial charge in [0.05, 0.1) is 4.47 Å². The predicted octanol–water partition coefficient (Wildman–Crippen LogP) is 2.55. The predicted molar refractivity (Wildman–Crippen MR) is 74.6 cm³/mol. The fourth-order valence-electron chi connectivity index (χ4n) is 2.58. The highest BCUT2D eigenvalue weighted by Gasteiger charge is 2.34. The molecule has 0 spiro atoms. The number of hydrogen-bond acceptors (Lipinski definition) is 2. The third kappa shape index (κ3) is 2.98. The lowest BCUT2D eigenvalue weighted by Gasteiger charge is -2.15. The van der Waals surface area contributed by atoms with Gasteiger partial charge >= 0.3 is 0 Å². The molecule has 2 fully saturated rings. The summed E-state index contributed by atoms with van der Waals surface area (Å²) in [5, 5.41) is 2.99. The van der Waals surface area contributed by atoms with Gasteiger partial charge in [-0.05, 0) is 53.4 Å². The van der Waals surface area contributed by atoms with E-state index in [1.165, 1.54) is 18.9 Å². The molecular weight excluding hydrogens is 311 g/mol. The van der Waals surface area contributed by atoms with E-state index >= 15 is 0 Å². The minimum Gasteiger partial charge on any atom is -0.348 e. The van der Waals surface area contributed by atoms with Crippen LogP contribution in [0.15, 0.2) is 22.7 Å². The van der Waals surface area contributed by atoms with Gasteiger partial charge in [-0.3, -0.25) is 9.69 Å². The first-order valence-electron chi connectivity index (χ1n) is 6.63. The summed E-state index contributed by atoms with van der Waals surface area (Å²) in [6, 6.07) is 5.41. The van der Waals surface area contributed by atoms with E-state index < -0.39 is 5.82 Å². The molecule has 1 saturated heterocycles. The summed E-state index contributed by atoms with van der Waals surface area (Å²) in [5.41, 5.74) is 0.380. The summed E-state index contributed by atoms with van der Waals surface area (Å²) in [6.45, 7) is 1.99. The Morgan fingerprint density at radius 3 is 2.84 bits per heavy atom. The number of rotatable bonds is 3. The number of amides is 1. The fraction of sp³-hybridized carbons (Fsp3) is 0.500. The molecule has 0 radical (unpaired) electrons. The molecule has 1 aliphatic carbocycles. The van der Waals surface area contributed by atoms with Crippen molar-refractivity contribution in [3.8, 4) is 0 Å². The van der Waals surface area contributed by atoms with Crippen LogP contribution in [0.3, 0.4) is 0 Å². The van der Waals surface area contributed by atoms with Crippen LogP contribution in [0.5, 0.6) is 0 Å². The molecule has 1 aromatic carbocycles. The molecule has 3 nitrogen and oxygen atoms in total. The summed E-state index contributed by atoms with van der Waals surface area (Å²) in [5.74, 6) is -0.590. The SMILES string of the molecule is O=C(NC1CCN(C2CC2)C1)c1ccc(Br)c(F)c1. The minimum absolute atomic E-state index is 0.186. The average Bonchev–Trinajstić information content (AvgIpc) is 3.14. The topological polar surface area (TPSA) is 32.3 Å². The average molecular weight is 327 g/mol. The van der Waals surface area contributed by atoms with Crippen LogP contribution < -0.4 is 5.32 Å². The van der Waals surface area contributed by atoms with Crippen LogP contribution in [0, 0.1) is 5.82 Å². The monoisotopic (exact) mass is 326 g/mol. The van der Waals surface area contributed by atoms with Crippen LogP contribution in [0.25, 0.3) is 0 Å². The molecule has 0 bridgehead atoms. The Hall–Kier alpha value is -0.940. The first-order chi connectivity index (χ1) is 9.13. The van der Waals surface area contributed by atoms with Crippen LogP contribution in [-0.4, -0.2) is 36.0 Å². The number of nitrogens with zero attached hydrogens (tertiary/aromatic N) is 1. The van der Waals surface area contributed by atoms with Crippen molar-refractivity contribution >= 4 is 21.8 Å². The molecule has 1 unspecified atom stereocenters. The summed E-state index contributed by atoms with van der Waals surface area (Å²) in [4.78, 5) is 14.5. The molecule has 1 heterocycles. The molecule has 1 aromatic rings. The van der Waals surface area contributed by atoms with Gasteiger partial charge in [0.15, 0.2) is 0 Å². The second kappa shape index (κ2) is 5.21. The first-order valence-corrected chi connectivity index (χ1v) is 7.43. The van der Waals surface area contributed by atoms with Gasteiger partial charge in [0.1, 0.15) is 5.82 Å². The van der Waals surface area contributed by atoms with E-state index in [1.807, 2.05) is 0 Å². The van der Waals surface area contributed by atoms with Crippen LogP contribution in [-0.2, 0) is 0 Å². The Kier molecular flexibility index (Phi) is 3.58. The summed E-state index contributed by atoms with van der Waals surface area (Å²) >= 11 is 3.08. The van der Waals surface area contributed by atoms with E-state index in [4.69, 9.17) is 0 Å². The zero-order valence-corrected chi connectivity index (χ0v) is 12.1. The van der Waals surface area contributed by atoms with E-state index in [2.05, 4.69) is 26.1 Å². The molecular formula is C14H16BrFN2O. The molecule has 1 aliphatic heterocycles. The molecule has 1 amide bonds. The van der Waals surface area contributed by atoms with Gasteiger partial charge in [-0.2, -0.15) is 0 Å². The lowest BCUT2D eigenvalue weighted by atomic mass is 10.2. The normalized spacial score (nSPS) is 23.6. The molecule has 3 rings (SSSR count). The maximum atomic E-state index is 13.4. The quantitative estimate of drug-likeness (QED) is 0.925. The minimum atomic E-state index is -0.404. The largest absolute Gasteiger partial charge is 0.348 e. The van der Waals surface area contributed by atoms with Crippen molar-refractivity contribution in [3.05, 3.63) is 34.1 Å². The van der Waals surface area contributed by atoms with Gasteiger partial charge in [-0.15, -0.1) is 0 Å². The summed E-state index contributed by atoms with van der Waals surface area (Å²) in [7, 11) is 0. The van der Waals surface area contributed by atoms with E-state index in [9.17, 15) is 9.18 Å². The van der Waals surface area contributed by atoms with Crippen molar-refractivity contribution in [2.75, 3.05) is 13.1 Å². The molecule has 1 saturated carbocycles. The highest BCUT2D eigenvalue weighted by Crippen LogP contribution is 2.29. The third-order valence-electron chi connectivity index (χ3n) is 3.80. The number of carbonyl (C=O) groups excluding carboxylic acids is 1. The van der Waals surface area contributed by atoms with Crippen molar-refractivity contribution < 1.29 is 9.18 Å². The van der Waals surface area contributed by atoms with Gasteiger partial charge in [0.2, 0.25) is 0 Å². The molecule has 0 aromatic heterocycles. The molecule has 2 aliphatic rings. The molecule has 102 valence electrons. The molecule has 1 N–H and O–H groups in total. The number of halogens is 2. The van der Waals surface area contributed by atoms with Gasteiger partial charge in [0, 0.05) is 30.7 Å². The van der Waals surface area contributed by atoms with Crippen molar-refractivity contribution in [1.82, 2.24) is 10.2 Å². The highest BCUT2D eigenvalue weighted by molar-refractivity contribution is 9.10. The maximum absolute atomic E-state index is 13.4. The standard InChI is InChI=1S/C14H16BrFN2O/c15-12-4-1-9(7-13(12)16)14(19)17-10-5-6-18(8-10)11-2-3-11/h1,4,7,10-11H,2-3,5-6,8H2,(H,17,19). The third-order valence-corrected chi connectivity index (χ3v) is 4.44. The number of benzene rings is 1. The number of carbonyl (C=O) groups is 1. The van der Waals surface area contributed by atoms with Gasteiger partial charge in [-0.25, -0.2) is 4.39 Å². The van der Waals surface area contributed by atoms with Gasteiger partial charge in [-0.1, -0.05) is 0 Å².